The smallest absolute Gasteiger partial charge is 0.267 e. The van der Waals surface area contributed by atoms with Crippen molar-refractivity contribution in [2.24, 2.45) is 0 Å². The minimum Gasteiger partial charge on any atom is -0.393 e. The van der Waals surface area contributed by atoms with Crippen LogP contribution < -0.4 is 0 Å². The monoisotopic (exact) mass is 420 g/mol. The van der Waals surface area contributed by atoms with Gasteiger partial charge in [-0.2, -0.15) is 8.42 Å². The van der Waals surface area contributed by atoms with Crippen LogP contribution in [0.4, 0.5) is 0 Å². The molecule has 0 radical (unpaired) electrons. The summed E-state index contributed by atoms with van der Waals surface area (Å²) in [5.41, 5.74) is 0. The van der Waals surface area contributed by atoms with Gasteiger partial charge in [-0.05, 0) is 25.7 Å². The first-order chi connectivity index (χ1) is 13.4. The first-order valence-electron chi connectivity index (χ1n) is 12.1. The number of aliphatic hydroxyl groups excluding tert-OH is 1. The van der Waals surface area contributed by atoms with E-state index in [0.717, 1.165) is 70.6 Å². The third-order valence-electron chi connectivity index (χ3n) is 5.76. The van der Waals surface area contributed by atoms with Crippen LogP contribution >= 0.6 is 0 Å². The molecule has 2 atom stereocenters. The molecule has 0 fully saturated rings. The summed E-state index contributed by atoms with van der Waals surface area (Å²) in [6.07, 6.45) is 19.9. The quantitative estimate of drug-likeness (QED) is 0.154. The van der Waals surface area contributed by atoms with Crippen LogP contribution in [-0.4, -0.2) is 29.4 Å². The van der Waals surface area contributed by atoms with Gasteiger partial charge in [0.2, 0.25) is 0 Å². The molecule has 0 aromatic heterocycles. The normalized spacial score (nSPS) is 14.3. The van der Waals surface area contributed by atoms with Gasteiger partial charge >= 0.3 is 0 Å². The van der Waals surface area contributed by atoms with Gasteiger partial charge in [-0.15, -0.1) is 0 Å². The molecule has 28 heavy (non-hydrogen) atoms. The molecule has 2 N–H and O–H groups in total. The maximum atomic E-state index is 11.5. The standard InChI is InChI=1S/C23H48O4S/c1-3-5-7-8-9-11-15-18-22(24)19-16-12-10-13-17-21-23(28(25,26)27)20-14-6-4-2/h22-24H,3-21H2,1-2H3,(H,25,26,27). The second-order valence-corrected chi connectivity index (χ2v) is 10.2. The van der Waals surface area contributed by atoms with Gasteiger partial charge in [-0.1, -0.05) is 110 Å². The fourth-order valence-electron chi connectivity index (χ4n) is 3.83. The average molecular weight is 421 g/mol. The van der Waals surface area contributed by atoms with Crippen molar-refractivity contribution in [1.82, 2.24) is 0 Å². The van der Waals surface area contributed by atoms with Crippen LogP contribution in [0.1, 0.15) is 136 Å². The maximum absolute atomic E-state index is 11.5. The highest BCUT2D eigenvalue weighted by atomic mass is 32.2. The van der Waals surface area contributed by atoms with Gasteiger partial charge in [0.05, 0.1) is 11.4 Å². The minimum atomic E-state index is -3.91. The van der Waals surface area contributed by atoms with E-state index in [1.807, 2.05) is 0 Å². The molecule has 0 saturated heterocycles. The number of rotatable bonds is 21. The van der Waals surface area contributed by atoms with Crippen LogP contribution in [0.2, 0.25) is 0 Å². The fourth-order valence-corrected chi connectivity index (χ4v) is 4.76. The molecule has 0 aliphatic heterocycles. The van der Waals surface area contributed by atoms with Crippen molar-refractivity contribution in [2.75, 3.05) is 0 Å². The van der Waals surface area contributed by atoms with E-state index in [2.05, 4.69) is 13.8 Å². The van der Waals surface area contributed by atoms with Crippen molar-refractivity contribution >= 4 is 10.1 Å². The van der Waals surface area contributed by atoms with Gasteiger partial charge in [-0.25, -0.2) is 0 Å². The van der Waals surface area contributed by atoms with Gasteiger partial charge < -0.3 is 5.11 Å². The highest BCUT2D eigenvalue weighted by Crippen LogP contribution is 2.19. The summed E-state index contributed by atoms with van der Waals surface area (Å²) >= 11 is 0. The third-order valence-corrected chi connectivity index (χ3v) is 7.07. The number of aliphatic hydroxyl groups is 1. The van der Waals surface area contributed by atoms with Gasteiger partial charge in [-0.3, -0.25) is 4.55 Å². The maximum Gasteiger partial charge on any atom is 0.267 e. The Balaban J connectivity index is 3.58. The van der Waals surface area contributed by atoms with E-state index in [1.165, 1.54) is 38.5 Å². The van der Waals surface area contributed by atoms with E-state index in [4.69, 9.17) is 0 Å². The van der Waals surface area contributed by atoms with Crippen LogP contribution in [0.3, 0.4) is 0 Å². The molecule has 0 bridgehead atoms. The van der Waals surface area contributed by atoms with E-state index in [9.17, 15) is 18.1 Å². The zero-order valence-corrected chi connectivity index (χ0v) is 19.5. The Morgan fingerprint density at radius 1 is 0.571 bits per heavy atom. The van der Waals surface area contributed by atoms with Crippen LogP contribution in [-0.2, 0) is 10.1 Å². The molecule has 0 saturated carbocycles. The Labute approximate surface area is 175 Å². The van der Waals surface area contributed by atoms with E-state index >= 15 is 0 Å². The van der Waals surface area contributed by atoms with Crippen molar-refractivity contribution in [3.63, 3.8) is 0 Å². The second-order valence-electron chi connectivity index (χ2n) is 8.54. The SMILES string of the molecule is CCCCCCCCCC(O)CCCCCCCC(CCCCC)S(=O)(=O)O. The molecule has 0 heterocycles. The van der Waals surface area contributed by atoms with Crippen molar-refractivity contribution in [2.45, 2.75) is 147 Å². The van der Waals surface area contributed by atoms with Gasteiger partial charge in [0.1, 0.15) is 0 Å². The van der Waals surface area contributed by atoms with Gasteiger partial charge in [0.15, 0.2) is 0 Å². The summed E-state index contributed by atoms with van der Waals surface area (Å²) in [6, 6.07) is 0. The van der Waals surface area contributed by atoms with Crippen LogP contribution in [0.25, 0.3) is 0 Å². The Morgan fingerprint density at radius 2 is 0.893 bits per heavy atom. The van der Waals surface area contributed by atoms with Crippen molar-refractivity contribution in [1.29, 1.82) is 0 Å². The summed E-state index contributed by atoms with van der Waals surface area (Å²) in [6.45, 7) is 4.33. The molecule has 0 spiro atoms. The highest BCUT2D eigenvalue weighted by molar-refractivity contribution is 7.86. The molecule has 5 heteroatoms. The zero-order valence-electron chi connectivity index (χ0n) is 18.7. The topological polar surface area (TPSA) is 74.6 Å². The molecule has 0 rings (SSSR count). The predicted octanol–water partition coefficient (Wildman–Crippen LogP) is 7.06. The molecule has 4 nitrogen and oxygen atoms in total. The molecule has 0 amide bonds. The van der Waals surface area contributed by atoms with Crippen LogP contribution in [0.5, 0.6) is 0 Å². The second kappa shape index (κ2) is 18.9. The van der Waals surface area contributed by atoms with Crippen molar-refractivity contribution in [3.8, 4) is 0 Å². The lowest BCUT2D eigenvalue weighted by Gasteiger charge is -2.13. The first-order valence-corrected chi connectivity index (χ1v) is 13.6. The lowest BCUT2D eigenvalue weighted by Crippen LogP contribution is -2.20. The highest BCUT2D eigenvalue weighted by Gasteiger charge is 2.21. The molecule has 2 unspecified atom stereocenters. The average Bonchev–Trinajstić information content (AvgIpc) is 2.64. The molecule has 0 aromatic rings. The Bertz CT molecular complexity index is 422. The summed E-state index contributed by atoms with van der Waals surface area (Å²) in [7, 11) is -3.91. The third kappa shape index (κ3) is 17.9. The van der Waals surface area contributed by atoms with Gasteiger partial charge in [0.25, 0.3) is 10.1 Å². The summed E-state index contributed by atoms with van der Waals surface area (Å²) in [5, 5.41) is 9.48. The minimum absolute atomic E-state index is 0.155. The number of unbranched alkanes of at least 4 members (excludes halogenated alkanes) is 12. The first kappa shape index (κ1) is 27.9. The Morgan fingerprint density at radius 3 is 1.32 bits per heavy atom. The fraction of sp³-hybridized carbons (Fsp3) is 1.00. The lowest BCUT2D eigenvalue weighted by molar-refractivity contribution is 0.147. The summed E-state index contributed by atoms with van der Waals surface area (Å²) in [5.74, 6) is 0. The molecular weight excluding hydrogens is 372 g/mol. The predicted molar refractivity (Wildman–Crippen MR) is 120 cm³/mol. The Kier molecular flexibility index (Phi) is 18.8. The van der Waals surface area contributed by atoms with Crippen LogP contribution in [0.15, 0.2) is 0 Å². The number of hydrogen-bond donors (Lipinski definition) is 2. The molecule has 170 valence electrons. The largest absolute Gasteiger partial charge is 0.393 e. The number of hydrogen-bond acceptors (Lipinski definition) is 3. The van der Waals surface area contributed by atoms with Crippen LogP contribution in [0, 0.1) is 0 Å². The zero-order chi connectivity index (χ0) is 21.1. The Hall–Kier alpha value is -0.130. The lowest BCUT2D eigenvalue weighted by atomic mass is 10.0. The van der Waals surface area contributed by atoms with Crippen molar-refractivity contribution < 1.29 is 18.1 Å². The van der Waals surface area contributed by atoms with E-state index in [1.54, 1.807) is 0 Å². The van der Waals surface area contributed by atoms with Crippen molar-refractivity contribution in [3.05, 3.63) is 0 Å². The molecule has 0 aliphatic carbocycles. The van der Waals surface area contributed by atoms with E-state index < -0.39 is 15.4 Å². The van der Waals surface area contributed by atoms with E-state index in [-0.39, 0.29) is 6.10 Å². The van der Waals surface area contributed by atoms with Gasteiger partial charge in [0, 0.05) is 0 Å². The summed E-state index contributed by atoms with van der Waals surface area (Å²) < 4.78 is 32.3. The summed E-state index contributed by atoms with van der Waals surface area (Å²) in [4.78, 5) is 0. The molecule has 0 aliphatic rings. The van der Waals surface area contributed by atoms with E-state index in [0.29, 0.717) is 12.8 Å². The molecular formula is C23H48O4S. The molecule has 0 aromatic carbocycles.